The molecule has 1 fully saturated rings. The Bertz CT molecular complexity index is 888. The van der Waals surface area contributed by atoms with Crippen LogP contribution in [-0.2, 0) is 11.8 Å². The minimum Gasteiger partial charge on any atom is -0.376 e. The fraction of sp³-hybridized carbons (Fsp3) is 0.412. The second kappa shape index (κ2) is 6.29. The molecule has 1 N–H and O–H groups in total. The third-order valence-electron chi connectivity index (χ3n) is 4.77. The van der Waals surface area contributed by atoms with E-state index in [4.69, 9.17) is 4.74 Å². The number of nitrogens with one attached hydrogen (secondary N) is 1. The van der Waals surface area contributed by atoms with E-state index in [1.54, 1.807) is 18.3 Å². The number of imidazole rings is 1. The number of aryl methyl sites for hydroxylation is 1. The lowest BCUT2D eigenvalue weighted by atomic mass is 10.00. The van der Waals surface area contributed by atoms with Gasteiger partial charge in [0, 0.05) is 38.7 Å². The Morgan fingerprint density at radius 2 is 2.32 bits per heavy atom. The lowest BCUT2D eigenvalue weighted by Gasteiger charge is -2.24. The molecule has 0 bridgehead atoms. The van der Waals surface area contributed by atoms with Crippen LogP contribution in [0.4, 0.5) is 0 Å². The zero-order chi connectivity index (χ0) is 17.4. The van der Waals surface area contributed by atoms with Gasteiger partial charge in [-0.3, -0.25) is 9.89 Å². The number of rotatable bonds is 4. The molecule has 130 valence electrons. The van der Waals surface area contributed by atoms with Crippen LogP contribution in [0.1, 0.15) is 28.5 Å². The van der Waals surface area contributed by atoms with Crippen LogP contribution >= 0.6 is 0 Å². The molecule has 2 atom stereocenters. The number of aromatic amines is 1. The molecule has 1 aromatic carbocycles. The molecule has 3 aromatic rings. The van der Waals surface area contributed by atoms with Gasteiger partial charge in [0.2, 0.25) is 0 Å². The zero-order valence-electron chi connectivity index (χ0n) is 14.2. The number of amides is 1. The van der Waals surface area contributed by atoms with E-state index < -0.39 is 0 Å². The van der Waals surface area contributed by atoms with Gasteiger partial charge in [0.15, 0.2) is 0 Å². The third kappa shape index (κ3) is 2.89. The molecule has 1 saturated heterocycles. The molecular formula is C17H20N6O2. The summed E-state index contributed by atoms with van der Waals surface area (Å²) in [6.07, 6.45) is 4.04. The summed E-state index contributed by atoms with van der Waals surface area (Å²) in [6.45, 7) is 1.17. The van der Waals surface area contributed by atoms with E-state index in [0.717, 1.165) is 23.3 Å². The maximum Gasteiger partial charge on any atom is 0.253 e. The van der Waals surface area contributed by atoms with Crippen LogP contribution in [0.5, 0.6) is 0 Å². The van der Waals surface area contributed by atoms with E-state index in [1.807, 2.05) is 29.8 Å². The van der Waals surface area contributed by atoms with E-state index in [2.05, 4.69) is 20.2 Å². The van der Waals surface area contributed by atoms with Crippen LogP contribution in [0.15, 0.2) is 30.9 Å². The largest absolute Gasteiger partial charge is 0.376 e. The van der Waals surface area contributed by atoms with Crippen molar-refractivity contribution in [2.24, 2.45) is 7.05 Å². The number of fused-ring (bicyclic) bond motifs is 1. The molecule has 0 spiro atoms. The number of H-pyrrole nitrogens is 1. The molecule has 8 heteroatoms. The van der Waals surface area contributed by atoms with Crippen molar-refractivity contribution in [2.75, 3.05) is 20.2 Å². The predicted octanol–water partition coefficient (Wildman–Crippen LogP) is 1.34. The summed E-state index contributed by atoms with van der Waals surface area (Å²) in [7, 11) is 3.73. The number of benzene rings is 1. The summed E-state index contributed by atoms with van der Waals surface area (Å²) in [4.78, 5) is 23.0. The first kappa shape index (κ1) is 15.8. The number of nitrogens with zero attached hydrogens (tertiary/aromatic N) is 5. The molecule has 2 aromatic heterocycles. The minimum absolute atomic E-state index is 0.0422. The van der Waals surface area contributed by atoms with Crippen molar-refractivity contribution in [3.63, 3.8) is 0 Å². The Labute approximate surface area is 144 Å². The monoisotopic (exact) mass is 340 g/mol. The summed E-state index contributed by atoms with van der Waals surface area (Å²) in [5.41, 5.74) is 2.45. The van der Waals surface area contributed by atoms with Gasteiger partial charge in [0.25, 0.3) is 5.91 Å². The highest BCUT2D eigenvalue weighted by molar-refractivity contribution is 5.97. The van der Waals surface area contributed by atoms with Crippen molar-refractivity contribution in [2.45, 2.75) is 18.4 Å². The van der Waals surface area contributed by atoms with Crippen molar-refractivity contribution < 1.29 is 9.53 Å². The van der Waals surface area contributed by atoms with E-state index >= 15 is 0 Å². The number of likely N-dealkylation sites (N-methyl/N-ethyl adjacent to an activating group) is 1. The number of carbonyl (C=O) groups is 1. The van der Waals surface area contributed by atoms with Gasteiger partial charge >= 0.3 is 0 Å². The molecule has 0 saturated carbocycles. The van der Waals surface area contributed by atoms with Crippen LogP contribution < -0.4 is 0 Å². The second-order valence-electron chi connectivity index (χ2n) is 6.42. The van der Waals surface area contributed by atoms with Gasteiger partial charge in [-0.15, -0.1) is 0 Å². The number of ether oxygens (including phenoxy) is 1. The standard InChI is InChI=1S/C17H20N6O2/c1-22(8-15-12(5-6-25-15)16-18-9-20-21-16)17(24)11-3-4-14-13(7-11)19-10-23(14)2/h3-4,7,9-10,12,15H,5-6,8H2,1-2H3,(H,18,20,21)/t12-,15-/m1/s1. The first-order chi connectivity index (χ1) is 12.1. The molecule has 4 rings (SSSR count). The molecule has 25 heavy (non-hydrogen) atoms. The summed E-state index contributed by atoms with van der Waals surface area (Å²) in [5.74, 6) is 0.911. The quantitative estimate of drug-likeness (QED) is 0.774. The smallest absolute Gasteiger partial charge is 0.253 e. The highest BCUT2D eigenvalue weighted by Crippen LogP contribution is 2.29. The topological polar surface area (TPSA) is 88.9 Å². The van der Waals surface area contributed by atoms with Gasteiger partial charge in [0.1, 0.15) is 12.2 Å². The third-order valence-corrected chi connectivity index (χ3v) is 4.77. The van der Waals surface area contributed by atoms with Crippen LogP contribution in [0.2, 0.25) is 0 Å². The van der Waals surface area contributed by atoms with Crippen LogP contribution in [-0.4, -0.2) is 61.8 Å². The molecular weight excluding hydrogens is 320 g/mol. The number of aromatic nitrogens is 5. The highest BCUT2D eigenvalue weighted by atomic mass is 16.5. The van der Waals surface area contributed by atoms with E-state index in [1.165, 1.54) is 6.33 Å². The first-order valence-electron chi connectivity index (χ1n) is 8.27. The summed E-state index contributed by atoms with van der Waals surface area (Å²) in [5, 5.41) is 6.82. The molecule has 1 aliphatic heterocycles. The molecule has 0 unspecified atom stereocenters. The van der Waals surface area contributed by atoms with Gasteiger partial charge in [-0.1, -0.05) is 0 Å². The second-order valence-corrected chi connectivity index (χ2v) is 6.42. The van der Waals surface area contributed by atoms with Crippen molar-refractivity contribution in [3.8, 4) is 0 Å². The lowest BCUT2D eigenvalue weighted by Crippen LogP contribution is -2.36. The van der Waals surface area contributed by atoms with Crippen molar-refractivity contribution >= 4 is 16.9 Å². The summed E-state index contributed by atoms with van der Waals surface area (Å²) < 4.78 is 7.75. The molecule has 1 amide bonds. The van der Waals surface area contributed by atoms with E-state index in [0.29, 0.717) is 18.7 Å². The maximum absolute atomic E-state index is 12.8. The lowest BCUT2D eigenvalue weighted by molar-refractivity contribution is 0.0550. The average molecular weight is 340 g/mol. The molecule has 0 aliphatic carbocycles. The Morgan fingerprint density at radius 1 is 1.44 bits per heavy atom. The molecule has 1 aliphatic rings. The fourth-order valence-corrected chi connectivity index (χ4v) is 3.38. The van der Waals surface area contributed by atoms with Crippen molar-refractivity contribution in [3.05, 3.63) is 42.2 Å². The Balaban J connectivity index is 1.49. The fourth-order valence-electron chi connectivity index (χ4n) is 3.38. The highest BCUT2D eigenvalue weighted by Gasteiger charge is 2.33. The number of hydrogen-bond acceptors (Lipinski definition) is 5. The summed E-state index contributed by atoms with van der Waals surface area (Å²) >= 11 is 0. The molecule has 3 heterocycles. The Kier molecular flexibility index (Phi) is 3.96. The van der Waals surface area contributed by atoms with Gasteiger partial charge in [-0.2, -0.15) is 5.10 Å². The predicted molar refractivity (Wildman–Crippen MR) is 91.2 cm³/mol. The molecule has 8 nitrogen and oxygen atoms in total. The molecule has 0 radical (unpaired) electrons. The Hall–Kier alpha value is -2.74. The minimum atomic E-state index is -0.0829. The normalized spacial score (nSPS) is 20.2. The van der Waals surface area contributed by atoms with Gasteiger partial charge in [-0.25, -0.2) is 9.97 Å². The number of hydrogen-bond donors (Lipinski definition) is 1. The van der Waals surface area contributed by atoms with Crippen LogP contribution in [0, 0.1) is 0 Å². The van der Waals surface area contributed by atoms with Crippen LogP contribution in [0.3, 0.4) is 0 Å². The van der Waals surface area contributed by atoms with E-state index in [-0.39, 0.29) is 17.9 Å². The maximum atomic E-state index is 12.8. The number of carbonyl (C=O) groups excluding carboxylic acids is 1. The SMILES string of the molecule is CN(C[C@H]1OCC[C@H]1c1ncn[nH]1)C(=O)c1ccc2c(c1)ncn2C. The van der Waals surface area contributed by atoms with Crippen LogP contribution in [0.25, 0.3) is 11.0 Å². The van der Waals surface area contributed by atoms with Gasteiger partial charge in [-0.05, 0) is 24.6 Å². The zero-order valence-corrected chi connectivity index (χ0v) is 14.2. The van der Waals surface area contributed by atoms with Gasteiger partial charge < -0.3 is 14.2 Å². The first-order valence-corrected chi connectivity index (χ1v) is 8.27. The Morgan fingerprint density at radius 3 is 3.12 bits per heavy atom. The van der Waals surface area contributed by atoms with E-state index in [9.17, 15) is 4.79 Å². The van der Waals surface area contributed by atoms with Crippen molar-refractivity contribution in [1.82, 2.24) is 29.6 Å². The van der Waals surface area contributed by atoms with Crippen molar-refractivity contribution in [1.29, 1.82) is 0 Å². The summed E-state index contributed by atoms with van der Waals surface area (Å²) in [6, 6.07) is 5.59. The average Bonchev–Trinajstić information content (AvgIpc) is 3.35. The van der Waals surface area contributed by atoms with Gasteiger partial charge in [0.05, 0.1) is 23.5 Å².